The molecule has 0 aromatic heterocycles. The van der Waals surface area contributed by atoms with Crippen LogP contribution in [0.25, 0.3) is 0 Å². The highest BCUT2D eigenvalue weighted by atomic mass is 16.4. The van der Waals surface area contributed by atoms with Crippen molar-refractivity contribution < 1.29 is 14.7 Å². The maximum atomic E-state index is 12.0. The topological polar surface area (TPSA) is 83.6 Å². The number of carboxylic acids is 1. The first kappa shape index (κ1) is 13.5. The summed E-state index contributed by atoms with van der Waals surface area (Å²) < 4.78 is 0. The summed E-state index contributed by atoms with van der Waals surface area (Å²) in [7, 11) is 0. The van der Waals surface area contributed by atoms with Gasteiger partial charge in [-0.2, -0.15) is 0 Å². The minimum atomic E-state index is -0.835. The van der Waals surface area contributed by atoms with Crippen LogP contribution in [0.3, 0.4) is 0 Å². The molecule has 1 aromatic rings. The Hall–Kier alpha value is -1.88. The van der Waals surface area contributed by atoms with Gasteiger partial charge in [0.15, 0.2) is 0 Å². The second-order valence-corrected chi connectivity index (χ2v) is 5.05. The van der Waals surface area contributed by atoms with Crippen molar-refractivity contribution in [2.45, 2.75) is 26.3 Å². The molecule has 5 heteroatoms. The number of benzene rings is 1. The molecule has 1 atom stereocenters. The Bertz CT molecular complexity index is 513. The van der Waals surface area contributed by atoms with Crippen molar-refractivity contribution in [1.82, 2.24) is 0 Å². The van der Waals surface area contributed by atoms with Crippen molar-refractivity contribution in [3.63, 3.8) is 0 Å². The number of nitrogens with two attached hydrogens (primary N) is 1. The number of carboxylic acid groups (broad SMARTS) is 1. The summed E-state index contributed by atoms with van der Waals surface area (Å²) in [6, 6.07) is 5.76. The molecule has 1 aliphatic rings. The van der Waals surface area contributed by atoms with Gasteiger partial charge in [-0.15, -0.1) is 0 Å². The number of carbonyl (C=O) groups is 2. The standard InChI is InChI=1S/C14H18N2O3/c1-9(4-14(18)19)8-16-12-3-2-10(7-15)5-11(12)6-13(16)17/h2-3,5,9H,4,6-8,15H2,1H3,(H,18,19). The zero-order valence-electron chi connectivity index (χ0n) is 10.9. The molecule has 102 valence electrons. The highest BCUT2D eigenvalue weighted by Gasteiger charge is 2.28. The molecule has 0 aliphatic carbocycles. The third kappa shape index (κ3) is 2.93. The van der Waals surface area contributed by atoms with Crippen LogP contribution < -0.4 is 10.6 Å². The molecular weight excluding hydrogens is 244 g/mol. The monoisotopic (exact) mass is 262 g/mol. The lowest BCUT2D eigenvalue weighted by Crippen LogP contribution is -2.32. The summed E-state index contributed by atoms with van der Waals surface area (Å²) in [6.45, 7) is 2.74. The van der Waals surface area contributed by atoms with Gasteiger partial charge in [0.05, 0.1) is 6.42 Å². The van der Waals surface area contributed by atoms with Gasteiger partial charge in [-0.1, -0.05) is 19.1 Å². The summed E-state index contributed by atoms with van der Waals surface area (Å²) >= 11 is 0. The summed E-state index contributed by atoms with van der Waals surface area (Å²) in [4.78, 5) is 24.4. The molecule has 0 spiro atoms. The van der Waals surface area contributed by atoms with Gasteiger partial charge in [0, 0.05) is 25.2 Å². The first-order chi connectivity index (χ1) is 9.01. The van der Waals surface area contributed by atoms with E-state index >= 15 is 0 Å². The van der Waals surface area contributed by atoms with Crippen LogP contribution in [0.15, 0.2) is 18.2 Å². The van der Waals surface area contributed by atoms with E-state index in [0.717, 1.165) is 16.8 Å². The third-order valence-electron chi connectivity index (χ3n) is 3.33. The Kier molecular flexibility index (Phi) is 3.85. The highest BCUT2D eigenvalue weighted by Crippen LogP contribution is 2.30. The largest absolute Gasteiger partial charge is 0.481 e. The summed E-state index contributed by atoms with van der Waals surface area (Å²) in [6.07, 6.45) is 0.447. The van der Waals surface area contributed by atoms with E-state index in [1.165, 1.54) is 0 Å². The molecular formula is C14H18N2O3. The minimum Gasteiger partial charge on any atom is -0.481 e. The van der Waals surface area contributed by atoms with Crippen LogP contribution in [-0.2, 0) is 22.6 Å². The molecule has 0 radical (unpaired) electrons. The fourth-order valence-corrected chi connectivity index (χ4v) is 2.44. The highest BCUT2D eigenvalue weighted by molar-refractivity contribution is 6.01. The fraction of sp³-hybridized carbons (Fsp3) is 0.429. The van der Waals surface area contributed by atoms with E-state index in [0.29, 0.717) is 19.5 Å². The Labute approximate surface area is 112 Å². The predicted octanol–water partition coefficient (Wildman–Crippen LogP) is 1.15. The van der Waals surface area contributed by atoms with Crippen LogP contribution in [0.5, 0.6) is 0 Å². The van der Waals surface area contributed by atoms with Gasteiger partial charge in [-0.25, -0.2) is 0 Å². The van der Waals surface area contributed by atoms with Gasteiger partial charge < -0.3 is 15.7 Å². The predicted molar refractivity (Wildman–Crippen MR) is 71.8 cm³/mol. The molecule has 0 fully saturated rings. The maximum Gasteiger partial charge on any atom is 0.303 e. The van der Waals surface area contributed by atoms with E-state index in [1.54, 1.807) is 4.90 Å². The quantitative estimate of drug-likeness (QED) is 0.833. The zero-order valence-corrected chi connectivity index (χ0v) is 10.9. The van der Waals surface area contributed by atoms with Gasteiger partial charge in [0.2, 0.25) is 5.91 Å². The lowest BCUT2D eigenvalue weighted by Gasteiger charge is -2.21. The second kappa shape index (κ2) is 5.40. The van der Waals surface area contributed by atoms with Gasteiger partial charge in [-0.3, -0.25) is 9.59 Å². The lowest BCUT2D eigenvalue weighted by atomic mass is 10.1. The van der Waals surface area contributed by atoms with E-state index in [1.807, 2.05) is 25.1 Å². The second-order valence-electron chi connectivity index (χ2n) is 5.05. The number of hydrogen-bond acceptors (Lipinski definition) is 3. The summed E-state index contributed by atoms with van der Waals surface area (Å²) in [5, 5.41) is 8.77. The van der Waals surface area contributed by atoms with Crippen molar-refractivity contribution in [1.29, 1.82) is 0 Å². The number of carbonyl (C=O) groups excluding carboxylic acids is 1. The molecule has 1 amide bonds. The number of aliphatic carboxylic acids is 1. The fourth-order valence-electron chi connectivity index (χ4n) is 2.44. The molecule has 1 unspecified atom stereocenters. The first-order valence-corrected chi connectivity index (χ1v) is 6.35. The van der Waals surface area contributed by atoms with Crippen molar-refractivity contribution in [2.75, 3.05) is 11.4 Å². The van der Waals surface area contributed by atoms with Gasteiger partial charge in [0.1, 0.15) is 0 Å². The van der Waals surface area contributed by atoms with Gasteiger partial charge in [-0.05, 0) is 23.1 Å². The maximum absolute atomic E-state index is 12.0. The van der Waals surface area contributed by atoms with Crippen LogP contribution in [0.4, 0.5) is 5.69 Å². The molecule has 1 aliphatic heterocycles. The van der Waals surface area contributed by atoms with E-state index < -0.39 is 5.97 Å². The average molecular weight is 262 g/mol. The smallest absolute Gasteiger partial charge is 0.303 e. The Morgan fingerprint density at radius 3 is 2.89 bits per heavy atom. The number of rotatable bonds is 5. The van der Waals surface area contributed by atoms with Crippen LogP contribution in [0, 0.1) is 5.92 Å². The molecule has 2 rings (SSSR count). The van der Waals surface area contributed by atoms with Gasteiger partial charge >= 0.3 is 5.97 Å². The van der Waals surface area contributed by atoms with Crippen LogP contribution in [0.2, 0.25) is 0 Å². The van der Waals surface area contributed by atoms with E-state index in [9.17, 15) is 9.59 Å². The van der Waals surface area contributed by atoms with E-state index in [4.69, 9.17) is 10.8 Å². The van der Waals surface area contributed by atoms with Crippen molar-refractivity contribution in [3.05, 3.63) is 29.3 Å². The molecule has 3 N–H and O–H groups in total. The number of amides is 1. The molecule has 19 heavy (non-hydrogen) atoms. The van der Waals surface area contributed by atoms with Crippen LogP contribution >= 0.6 is 0 Å². The molecule has 0 saturated heterocycles. The van der Waals surface area contributed by atoms with E-state index in [2.05, 4.69) is 0 Å². The number of hydrogen-bond donors (Lipinski definition) is 2. The van der Waals surface area contributed by atoms with Crippen molar-refractivity contribution in [2.24, 2.45) is 11.7 Å². The third-order valence-corrected chi connectivity index (χ3v) is 3.33. The molecule has 0 bridgehead atoms. The van der Waals surface area contributed by atoms with Gasteiger partial charge in [0.25, 0.3) is 0 Å². The average Bonchev–Trinajstić information content (AvgIpc) is 2.64. The molecule has 0 saturated carbocycles. The molecule has 1 aromatic carbocycles. The number of anilines is 1. The SMILES string of the molecule is CC(CC(=O)O)CN1C(=O)Cc2cc(CN)ccc21. The Morgan fingerprint density at radius 2 is 2.26 bits per heavy atom. The Balaban J connectivity index is 2.16. The lowest BCUT2D eigenvalue weighted by molar-refractivity contribution is -0.138. The zero-order chi connectivity index (χ0) is 14.0. The molecule has 5 nitrogen and oxygen atoms in total. The molecule has 1 heterocycles. The van der Waals surface area contributed by atoms with Crippen molar-refractivity contribution >= 4 is 17.6 Å². The number of nitrogens with zero attached hydrogens (tertiary/aromatic N) is 1. The van der Waals surface area contributed by atoms with Crippen molar-refractivity contribution in [3.8, 4) is 0 Å². The van der Waals surface area contributed by atoms with Crippen LogP contribution in [-0.4, -0.2) is 23.5 Å². The summed E-state index contributed by atoms with van der Waals surface area (Å²) in [5.41, 5.74) is 8.46. The number of fused-ring (bicyclic) bond motifs is 1. The Morgan fingerprint density at radius 1 is 1.53 bits per heavy atom. The van der Waals surface area contributed by atoms with E-state index in [-0.39, 0.29) is 18.2 Å². The summed E-state index contributed by atoms with van der Waals surface area (Å²) in [5.74, 6) is -0.874. The normalized spacial score (nSPS) is 15.5. The first-order valence-electron chi connectivity index (χ1n) is 6.35. The van der Waals surface area contributed by atoms with Crippen LogP contribution in [0.1, 0.15) is 24.5 Å². The minimum absolute atomic E-state index is 0.0291.